The Kier molecular flexibility index (Phi) is 10.0. The number of hydrogen-bond acceptors (Lipinski definition) is 10. The smallest absolute Gasteiger partial charge is 0.338 e. The highest BCUT2D eigenvalue weighted by Crippen LogP contribution is 2.34. The SMILES string of the molecule is CCOC(=O)C1=C(C)NC(=O)N[C@@H]1c1ccc(OCC(=O)N/N=C\c2cc(N=Nc3ccccc3)ccc2O)c(OC)c1. The number of nitrogens with one attached hydrogen (secondary N) is 3. The summed E-state index contributed by atoms with van der Waals surface area (Å²) < 4.78 is 16.2. The third-order valence-electron chi connectivity index (χ3n) is 6.09. The van der Waals surface area contributed by atoms with E-state index in [1.54, 1.807) is 44.2 Å². The predicted molar refractivity (Wildman–Crippen MR) is 157 cm³/mol. The number of methoxy groups -OCH3 is 1. The summed E-state index contributed by atoms with van der Waals surface area (Å²) in [6.07, 6.45) is 1.27. The number of nitrogens with zero attached hydrogens (tertiary/aromatic N) is 3. The molecule has 1 atom stereocenters. The van der Waals surface area contributed by atoms with Gasteiger partial charge in [0.25, 0.3) is 5.91 Å². The summed E-state index contributed by atoms with van der Waals surface area (Å²) in [5.74, 6) is -0.674. The quantitative estimate of drug-likeness (QED) is 0.111. The number of rotatable bonds is 11. The molecule has 3 aromatic rings. The van der Waals surface area contributed by atoms with Crippen LogP contribution in [0.2, 0.25) is 0 Å². The Morgan fingerprint density at radius 1 is 1.02 bits per heavy atom. The summed E-state index contributed by atoms with van der Waals surface area (Å²) in [6, 6.07) is 17.3. The molecule has 13 nitrogen and oxygen atoms in total. The third-order valence-corrected chi connectivity index (χ3v) is 6.09. The Hall–Kier alpha value is -5.72. The number of phenolic OH excluding ortho intramolecular Hbond substituents is 1. The average Bonchev–Trinajstić information content (AvgIpc) is 3.00. The van der Waals surface area contributed by atoms with Crippen molar-refractivity contribution in [3.63, 3.8) is 0 Å². The molecule has 0 aliphatic carbocycles. The minimum Gasteiger partial charge on any atom is -0.507 e. The molecule has 3 aromatic carbocycles. The number of allylic oxidation sites excluding steroid dienone is 1. The van der Waals surface area contributed by atoms with Gasteiger partial charge in [0.1, 0.15) is 5.75 Å². The fourth-order valence-electron chi connectivity index (χ4n) is 4.07. The first kappa shape index (κ1) is 30.2. The van der Waals surface area contributed by atoms with Crippen LogP contribution in [0.3, 0.4) is 0 Å². The minimum absolute atomic E-state index is 0.0566. The third kappa shape index (κ3) is 7.94. The van der Waals surface area contributed by atoms with Crippen LogP contribution in [-0.2, 0) is 14.3 Å². The van der Waals surface area contributed by atoms with E-state index in [1.165, 1.54) is 19.4 Å². The summed E-state index contributed by atoms with van der Waals surface area (Å²) in [5, 5.41) is 27.6. The molecule has 1 aliphatic rings. The maximum Gasteiger partial charge on any atom is 0.338 e. The van der Waals surface area contributed by atoms with Gasteiger partial charge in [0.2, 0.25) is 0 Å². The first-order valence-electron chi connectivity index (χ1n) is 13.2. The van der Waals surface area contributed by atoms with E-state index in [9.17, 15) is 19.5 Å². The molecule has 0 unspecified atom stereocenters. The molecule has 0 fully saturated rings. The number of carbonyl (C=O) groups excluding carboxylic acids is 3. The van der Waals surface area contributed by atoms with Crippen molar-refractivity contribution in [1.29, 1.82) is 0 Å². The average molecular weight is 587 g/mol. The molecule has 0 saturated carbocycles. The van der Waals surface area contributed by atoms with Crippen LogP contribution in [0.1, 0.15) is 31.0 Å². The molecule has 1 heterocycles. The first-order chi connectivity index (χ1) is 20.8. The number of amides is 3. The van der Waals surface area contributed by atoms with Crippen molar-refractivity contribution in [3.05, 3.63) is 89.1 Å². The van der Waals surface area contributed by atoms with Crippen LogP contribution in [0.15, 0.2) is 93.3 Å². The van der Waals surface area contributed by atoms with Crippen molar-refractivity contribution in [3.8, 4) is 17.2 Å². The number of ether oxygens (including phenoxy) is 3. The molecular formula is C30H30N6O7. The molecule has 222 valence electrons. The lowest BCUT2D eigenvalue weighted by Crippen LogP contribution is -2.45. The van der Waals surface area contributed by atoms with Crippen molar-refractivity contribution in [2.45, 2.75) is 19.9 Å². The van der Waals surface area contributed by atoms with Crippen molar-refractivity contribution in [2.75, 3.05) is 20.3 Å². The highest BCUT2D eigenvalue weighted by molar-refractivity contribution is 5.95. The zero-order chi connectivity index (χ0) is 30.8. The maximum atomic E-state index is 12.6. The number of carbonyl (C=O) groups is 3. The lowest BCUT2D eigenvalue weighted by molar-refractivity contribution is -0.139. The van der Waals surface area contributed by atoms with Crippen LogP contribution in [0.25, 0.3) is 0 Å². The van der Waals surface area contributed by atoms with Crippen LogP contribution in [0.5, 0.6) is 17.2 Å². The van der Waals surface area contributed by atoms with E-state index in [0.717, 1.165) is 0 Å². The fraction of sp³-hybridized carbons (Fsp3) is 0.200. The molecule has 0 spiro atoms. The van der Waals surface area contributed by atoms with E-state index < -0.39 is 30.6 Å². The van der Waals surface area contributed by atoms with E-state index in [-0.39, 0.29) is 29.4 Å². The van der Waals surface area contributed by atoms with Crippen LogP contribution >= 0.6 is 0 Å². The van der Waals surface area contributed by atoms with Gasteiger partial charge in [0.15, 0.2) is 18.1 Å². The van der Waals surface area contributed by atoms with Gasteiger partial charge in [-0.2, -0.15) is 15.3 Å². The van der Waals surface area contributed by atoms with Gasteiger partial charge >= 0.3 is 12.0 Å². The van der Waals surface area contributed by atoms with Gasteiger partial charge in [-0.05, 0) is 61.9 Å². The molecule has 43 heavy (non-hydrogen) atoms. The molecular weight excluding hydrogens is 556 g/mol. The Labute approximate surface area is 247 Å². The van der Waals surface area contributed by atoms with E-state index in [4.69, 9.17) is 14.2 Å². The van der Waals surface area contributed by atoms with Gasteiger partial charge in [-0.15, -0.1) is 0 Å². The van der Waals surface area contributed by atoms with E-state index in [1.807, 2.05) is 30.3 Å². The Balaban J connectivity index is 1.39. The summed E-state index contributed by atoms with van der Waals surface area (Å²) in [7, 11) is 1.42. The van der Waals surface area contributed by atoms with Crippen molar-refractivity contribution < 1.29 is 33.7 Å². The first-order valence-corrected chi connectivity index (χ1v) is 13.2. The van der Waals surface area contributed by atoms with E-state index in [2.05, 4.69) is 31.4 Å². The van der Waals surface area contributed by atoms with Gasteiger partial charge < -0.3 is 30.0 Å². The van der Waals surface area contributed by atoms with Gasteiger partial charge in [-0.3, -0.25) is 4.79 Å². The normalized spacial score (nSPS) is 14.8. The van der Waals surface area contributed by atoms with Crippen molar-refractivity contribution >= 4 is 35.5 Å². The number of aromatic hydroxyl groups is 1. The lowest BCUT2D eigenvalue weighted by Gasteiger charge is -2.28. The number of phenols is 1. The standard InChI is InChI=1S/C30H30N6O7/c1-4-42-29(39)27-18(2)32-30(40)33-28(27)19-10-13-24(25(15-19)41-3)43-17-26(38)36-31-16-20-14-22(11-12-23(20)37)35-34-21-8-6-5-7-9-21/h5-16,28,37H,4,17H2,1-3H3,(H,36,38)(H2,32,33,40)/b31-16-,35-34?/t28-/m1/s1. The number of esters is 1. The zero-order valence-corrected chi connectivity index (χ0v) is 23.7. The highest BCUT2D eigenvalue weighted by Gasteiger charge is 2.32. The van der Waals surface area contributed by atoms with Crippen LogP contribution in [0.4, 0.5) is 16.2 Å². The second-order valence-corrected chi connectivity index (χ2v) is 9.06. The Morgan fingerprint density at radius 2 is 1.79 bits per heavy atom. The summed E-state index contributed by atoms with van der Waals surface area (Å²) in [6.45, 7) is 3.08. The largest absolute Gasteiger partial charge is 0.507 e. The summed E-state index contributed by atoms with van der Waals surface area (Å²) >= 11 is 0. The number of benzene rings is 3. The molecule has 4 N–H and O–H groups in total. The molecule has 13 heteroatoms. The molecule has 1 aliphatic heterocycles. The lowest BCUT2D eigenvalue weighted by atomic mass is 9.95. The van der Waals surface area contributed by atoms with Crippen molar-refractivity contribution in [1.82, 2.24) is 16.1 Å². The summed E-state index contributed by atoms with van der Waals surface area (Å²) in [5.41, 5.74) is 4.99. The highest BCUT2D eigenvalue weighted by atomic mass is 16.5. The monoisotopic (exact) mass is 586 g/mol. The Morgan fingerprint density at radius 3 is 2.53 bits per heavy atom. The van der Waals surface area contributed by atoms with Gasteiger partial charge in [0, 0.05) is 11.3 Å². The topological polar surface area (TPSA) is 172 Å². The van der Waals surface area contributed by atoms with E-state index >= 15 is 0 Å². The molecule has 0 saturated heterocycles. The second kappa shape index (κ2) is 14.3. The summed E-state index contributed by atoms with van der Waals surface area (Å²) in [4.78, 5) is 37.1. The van der Waals surface area contributed by atoms with Crippen LogP contribution < -0.4 is 25.5 Å². The van der Waals surface area contributed by atoms with Crippen molar-refractivity contribution in [2.24, 2.45) is 15.3 Å². The number of urea groups is 1. The van der Waals surface area contributed by atoms with Crippen LogP contribution in [0, 0.1) is 0 Å². The number of hydrogen-bond donors (Lipinski definition) is 4. The van der Waals surface area contributed by atoms with Crippen LogP contribution in [-0.4, -0.2) is 49.6 Å². The van der Waals surface area contributed by atoms with Gasteiger partial charge in [-0.1, -0.05) is 24.3 Å². The molecule has 0 aromatic heterocycles. The second-order valence-electron chi connectivity index (χ2n) is 9.06. The number of hydrazone groups is 1. The predicted octanol–water partition coefficient (Wildman–Crippen LogP) is 4.54. The molecule has 3 amide bonds. The fourth-order valence-corrected chi connectivity index (χ4v) is 4.07. The molecule has 0 radical (unpaired) electrons. The molecule has 4 rings (SSSR count). The van der Waals surface area contributed by atoms with Gasteiger partial charge in [-0.25, -0.2) is 15.0 Å². The van der Waals surface area contributed by atoms with E-state index in [0.29, 0.717) is 28.2 Å². The zero-order valence-electron chi connectivity index (χ0n) is 23.7. The Bertz CT molecular complexity index is 1590. The number of azo groups is 1. The molecule has 0 bridgehead atoms. The maximum absolute atomic E-state index is 12.6. The van der Waals surface area contributed by atoms with Gasteiger partial charge in [0.05, 0.1) is 42.9 Å². The minimum atomic E-state index is -0.789.